The van der Waals surface area contributed by atoms with Crippen molar-refractivity contribution < 1.29 is 0 Å². The lowest BCUT2D eigenvalue weighted by molar-refractivity contribution is 1.30. The molecule has 0 atom stereocenters. The first-order valence-electron chi connectivity index (χ1n) is 2.22. The van der Waals surface area contributed by atoms with E-state index >= 15 is 0 Å². The normalized spacial score (nSPS) is 7.56. The van der Waals surface area contributed by atoms with E-state index in [4.69, 9.17) is 6.42 Å². The van der Waals surface area contributed by atoms with Gasteiger partial charge in [0.05, 0.1) is 16.1 Å². The van der Waals surface area contributed by atoms with E-state index in [9.17, 15) is 0 Å². The summed E-state index contributed by atoms with van der Waals surface area (Å²) in [5.41, 5.74) is 0. The summed E-state index contributed by atoms with van der Waals surface area (Å²) in [5.74, 6) is 2.50. The molecule has 0 fully saturated rings. The fraction of sp³-hybridized carbons (Fsp3) is 0.286. The van der Waals surface area contributed by atoms with Crippen LogP contribution in [0.5, 0.6) is 0 Å². The smallest absolute Gasteiger partial charge is 0.0966 e. The molecule has 0 radical (unpaired) electrons. The Kier molecular flexibility index (Phi) is 2.97. The van der Waals surface area contributed by atoms with Crippen LogP contribution in [0.4, 0.5) is 0 Å². The number of hydrogen-bond donors (Lipinski definition) is 0. The van der Waals surface area contributed by atoms with Gasteiger partial charge < -0.3 is 0 Å². The average molecular weight is 139 g/mol. The Morgan fingerprint density at radius 2 is 2.44 bits per heavy atom. The molecule has 2 heteroatoms. The Balaban J connectivity index is 0.000000640. The Labute approximate surface area is 59.8 Å². The topological polar surface area (TPSA) is 12.9 Å². The van der Waals surface area contributed by atoms with E-state index in [1.807, 2.05) is 6.92 Å². The van der Waals surface area contributed by atoms with Crippen molar-refractivity contribution in [2.75, 3.05) is 0 Å². The van der Waals surface area contributed by atoms with Gasteiger partial charge in [-0.25, -0.2) is 4.98 Å². The molecule has 0 N–H and O–H groups in total. The molecule has 0 aromatic carbocycles. The number of hydrogen-bond acceptors (Lipinski definition) is 2. The average Bonchev–Trinajstić information content (AvgIpc) is 2.14. The summed E-state index contributed by atoms with van der Waals surface area (Å²) in [6.07, 6.45) is 6.79. The van der Waals surface area contributed by atoms with Crippen LogP contribution in [0.15, 0.2) is 6.20 Å². The standard InChI is InChI=1S/C6H5NS.CH4/c1-3-6-4-7-5(2)8-6;/h1,4H,2H3;1H4. The van der Waals surface area contributed by atoms with Crippen LogP contribution in [0.1, 0.15) is 17.3 Å². The minimum absolute atomic E-state index is 0. The zero-order valence-corrected chi connectivity index (χ0v) is 5.33. The molecule has 0 bridgehead atoms. The van der Waals surface area contributed by atoms with Crippen molar-refractivity contribution in [3.05, 3.63) is 16.1 Å². The summed E-state index contributed by atoms with van der Waals surface area (Å²) in [6.45, 7) is 1.94. The molecule has 1 heterocycles. The van der Waals surface area contributed by atoms with Gasteiger partial charge in [0.2, 0.25) is 0 Å². The molecule has 0 saturated carbocycles. The van der Waals surface area contributed by atoms with Gasteiger partial charge in [-0.1, -0.05) is 13.3 Å². The molecule has 1 nitrogen and oxygen atoms in total. The molecule has 48 valence electrons. The third kappa shape index (κ3) is 1.87. The predicted octanol–water partition coefficient (Wildman–Crippen LogP) is 2.07. The lowest BCUT2D eigenvalue weighted by atomic mass is 10.6. The second-order valence-electron chi connectivity index (χ2n) is 1.39. The van der Waals surface area contributed by atoms with Crippen molar-refractivity contribution in [2.45, 2.75) is 14.4 Å². The second kappa shape index (κ2) is 3.26. The third-order valence-corrected chi connectivity index (χ3v) is 1.61. The van der Waals surface area contributed by atoms with Crippen molar-refractivity contribution in [3.8, 4) is 12.3 Å². The summed E-state index contributed by atoms with van der Waals surface area (Å²) in [6, 6.07) is 0. The van der Waals surface area contributed by atoms with Gasteiger partial charge in [0, 0.05) is 0 Å². The van der Waals surface area contributed by atoms with Crippen LogP contribution in [-0.2, 0) is 0 Å². The zero-order valence-electron chi connectivity index (χ0n) is 4.51. The van der Waals surface area contributed by atoms with Gasteiger partial charge >= 0.3 is 0 Å². The summed E-state index contributed by atoms with van der Waals surface area (Å²) in [5, 5.41) is 1.03. The second-order valence-corrected chi connectivity index (χ2v) is 2.62. The molecule has 1 rings (SSSR count). The minimum Gasteiger partial charge on any atom is -0.249 e. The van der Waals surface area contributed by atoms with Gasteiger partial charge in [0.15, 0.2) is 0 Å². The van der Waals surface area contributed by atoms with Crippen LogP contribution in [0.25, 0.3) is 0 Å². The summed E-state index contributed by atoms with van der Waals surface area (Å²) < 4.78 is 0. The van der Waals surface area contributed by atoms with Crippen molar-refractivity contribution in [1.29, 1.82) is 0 Å². The fourth-order valence-electron chi connectivity index (χ4n) is 0.428. The van der Waals surface area contributed by atoms with E-state index in [0.29, 0.717) is 0 Å². The van der Waals surface area contributed by atoms with Crippen molar-refractivity contribution in [1.82, 2.24) is 4.98 Å². The number of terminal acetylenes is 1. The Morgan fingerprint density at radius 1 is 1.78 bits per heavy atom. The minimum atomic E-state index is 0. The molecular formula is C7H9NS. The molecule has 9 heavy (non-hydrogen) atoms. The zero-order chi connectivity index (χ0) is 5.98. The highest BCUT2D eigenvalue weighted by Gasteiger charge is 1.89. The largest absolute Gasteiger partial charge is 0.249 e. The number of aromatic nitrogens is 1. The quantitative estimate of drug-likeness (QED) is 0.501. The Morgan fingerprint density at radius 3 is 2.67 bits per heavy atom. The Bertz CT molecular complexity index is 219. The van der Waals surface area contributed by atoms with Crippen LogP contribution in [0.2, 0.25) is 0 Å². The summed E-state index contributed by atoms with van der Waals surface area (Å²) in [4.78, 5) is 4.87. The van der Waals surface area contributed by atoms with Gasteiger partial charge in [0.1, 0.15) is 0 Å². The summed E-state index contributed by atoms with van der Waals surface area (Å²) >= 11 is 1.54. The van der Waals surface area contributed by atoms with Crippen molar-refractivity contribution in [2.24, 2.45) is 0 Å². The maximum absolute atomic E-state index is 5.08. The van der Waals surface area contributed by atoms with E-state index in [-0.39, 0.29) is 7.43 Å². The highest BCUT2D eigenvalue weighted by atomic mass is 32.1. The highest BCUT2D eigenvalue weighted by molar-refractivity contribution is 7.12. The van der Waals surface area contributed by atoms with Gasteiger partial charge in [-0.15, -0.1) is 17.8 Å². The molecule has 0 aliphatic carbocycles. The van der Waals surface area contributed by atoms with Gasteiger partial charge in [0.25, 0.3) is 0 Å². The van der Waals surface area contributed by atoms with Gasteiger partial charge in [-0.05, 0) is 6.92 Å². The first-order chi connectivity index (χ1) is 3.83. The maximum atomic E-state index is 5.08. The molecule has 0 aliphatic rings. The van der Waals surface area contributed by atoms with E-state index in [1.165, 1.54) is 0 Å². The molecule has 0 saturated heterocycles. The van der Waals surface area contributed by atoms with E-state index in [1.54, 1.807) is 17.5 Å². The first kappa shape index (κ1) is 8.19. The molecule has 0 aliphatic heterocycles. The first-order valence-corrected chi connectivity index (χ1v) is 3.03. The van der Waals surface area contributed by atoms with E-state index in [0.717, 1.165) is 9.88 Å². The molecule has 1 aromatic heterocycles. The van der Waals surface area contributed by atoms with Crippen LogP contribution in [0, 0.1) is 19.3 Å². The van der Waals surface area contributed by atoms with Crippen molar-refractivity contribution in [3.63, 3.8) is 0 Å². The van der Waals surface area contributed by atoms with Gasteiger partial charge in [-0.3, -0.25) is 0 Å². The van der Waals surface area contributed by atoms with E-state index in [2.05, 4.69) is 10.9 Å². The molecule has 0 amide bonds. The van der Waals surface area contributed by atoms with Crippen LogP contribution in [0.3, 0.4) is 0 Å². The lowest BCUT2D eigenvalue weighted by Crippen LogP contribution is -1.57. The van der Waals surface area contributed by atoms with Crippen LogP contribution in [-0.4, -0.2) is 4.98 Å². The Hall–Kier alpha value is -0.810. The van der Waals surface area contributed by atoms with Crippen LogP contribution >= 0.6 is 11.3 Å². The molecule has 0 spiro atoms. The number of aryl methyl sites for hydroxylation is 1. The maximum Gasteiger partial charge on any atom is 0.0966 e. The molecule has 1 aromatic rings. The third-order valence-electron chi connectivity index (χ3n) is 0.764. The highest BCUT2D eigenvalue weighted by Crippen LogP contribution is 2.08. The summed E-state index contributed by atoms with van der Waals surface area (Å²) in [7, 11) is 0. The molecular weight excluding hydrogens is 130 g/mol. The SMILES string of the molecule is C.C#Cc1cnc(C)s1. The molecule has 0 unspecified atom stereocenters. The van der Waals surface area contributed by atoms with Crippen LogP contribution < -0.4 is 0 Å². The monoisotopic (exact) mass is 139 g/mol. The predicted molar refractivity (Wildman–Crippen MR) is 41.5 cm³/mol. The van der Waals surface area contributed by atoms with E-state index < -0.39 is 0 Å². The van der Waals surface area contributed by atoms with Crippen molar-refractivity contribution >= 4 is 11.3 Å². The fourth-order valence-corrected chi connectivity index (χ4v) is 1.02. The number of thiazole rings is 1. The number of nitrogens with zero attached hydrogens (tertiary/aromatic N) is 1. The van der Waals surface area contributed by atoms with Gasteiger partial charge in [-0.2, -0.15) is 0 Å². The number of rotatable bonds is 0. The lowest BCUT2D eigenvalue weighted by Gasteiger charge is -1.68.